The smallest absolute Gasteiger partial charge is 0.272 e. The number of aryl methyl sites for hydroxylation is 2. The van der Waals surface area contributed by atoms with Gasteiger partial charge in [-0.3, -0.25) is 14.5 Å². The van der Waals surface area contributed by atoms with Gasteiger partial charge >= 0.3 is 0 Å². The SMILES string of the molecule is Cc1cc(C)n2nc(C(=O)N[C@@H]3C[C@H]4CO[C@@H](CC(=O)N(C)C)CN4C3)cc2n1. The zero-order valence-electron chi connectivity index (χ0n) is 17.4. The maximum absolute atomic E-state index is 12.7. The molecule has 0 unspecified atom stereocenters. The van der Waals surface area contributed by atoms with E-state index < -0.39 is 0 Å². The molecule has 2 aliphatic heterocycles. The van der Waals surface area contributed by atoms with Crippen molar-refractivity contribution in [1.82, 2.24) is 29.7 Å². The summed E-state index contributed by atoms with van der Waals surface area (Å²) in [4.78, 5) is 33.0. The predicted octanol–water partition coefficient (Wildman–Crippen LogP) is 0.396. The second-order valence-corrected chi connectivity index (χ2v) is 8.30. The number of aromatic nitrogens is 3. The Kier molecular flexibility index (Phi) is 5.26. The van der Waals surface area contributed by atoms with Gasteiger partial charge in [0.25, 0.3) is 5.91 Å². The molecule has 0 bridgehead atoms. The molecule has 2 saturated heterocycles. The van der Waals surface area contributed by atoms with Crippen molar-refractivity contribution >= 4 is 17.5 Å². The minimum Gasteiger partial charge on any atom is -0.375 e. The van der Waals surface area contributed by atoms with Crippen molar-refractivity contribution in [3.05, 3.63) is 29.2 Å². The number of hydrogen-bond donors (Lipinski definition) is 1. The second kappa shape index (κ2) is 7.72. The highest BCUT2D eigenvalue weighted by Gasteiger charge is 2.38. The molecule has 3 atom stereocenters. The van der Waals surface area contributed by atoms with Crippen molar-refractivity contribution < 1.29 is 14.3 Å². The molecule has 0 radical (unpaired) electrons. The summed E-state index contributed by atoms with van der Waals surface area (Å²) in [6, 6.07) is 3.98. The molecule has 0 saturated carbocycles. The molecule has 4 rings (SSSR count). The number of ether oxygens (including phenoxy) is 1. The Morgan fingerprint density at radius 2 is 2.07 bits per heavy atom. The van der Waals surface area contributed by atoms with Crippen molar-refractivity contribution in [2.24, 2.45) is 0 Å². The molecule has 156 valence electrons. The van der Waals surface area contributed by atoms with Gasteiger partial charge in [0.2, 0.25) is 5.91 Å². The first-order valence-corrected chi connectivity index (χ1v) is 10.0. The van der Waals surface area contributed by atoms with Crippen molar-refractivity contribution in [1.29, 1.82) is 0 Å². The van der Waals surface area contributed by atoms with Crippen LogP contribution in [0.1, 0.15) is 34.7 Å². The van der Waals surface area contributed by atoms with E-state index in [9.17, 15) is 9.59 Å². The number of amides is 2. The molecule has 1 N–H and O–H groups in total. The molecule has 0 aromatic carbocycles. The number of nitrogens with zero attached hydrogens (tertiary/aromatic N) is 5. The molecule has 9 heteroatoms. The van der Waals surface area contributed by atoms with Crippen molar-refractivity contribution in [2.45, 2.75) is 44.9 Å². The molecule has 2 aromatic rings. The first-order valence-electron chi connectivity index (χ1n) is 10.0. The fourth-order valence-corrected chi connectivity index (χ4v) is 4.21. The summed E-state index contributed by atoms with van der Waals surface area (Å²) >= 11 is 0. The summed E-state index contributed by atoms with van der Waals surface area (Å²) in [6.07, 6.45) is 1.13. The van der Waals surface area contributed by atoms with Crippen LogP contribution in [0.2, 0.25) is 0 Å². The number of fused-ring (bicyclic) bond motifs is 2. The highest BCUT2D eigenvalue weighted by Crippen LogP contribution is 2.25. The van der Waals surface area contributed by atoms with E-state index in [4.69, 9.17) is 4.74 Å². The van der Waals surface area contributed by atoms with E-state index in [2.05, 4.69) is 20.3 Å². The maximum Gasteiger partial charge on any atom is 0.272 e. The molecule has 2 aliphatic rings. The first kappa shape index (κ1) is 19.8. The molecule has 4 heterocycles. The van der Waals surface area contributed by atoms with Gasteiger partial charge in [0, 0.05) is 56.7 Å². The summed E-state index contributed by atoms with van der Waals surface area (Å²) in [6.45, 7) is 5.94. The lowest BCUT2D eigenvalue weighted by molar-refractivity contribution is -0.134. The largest absolute Gasteiger partial charge is 0.375 e. The quantitative estimate of drug-likeness (QED) is 0.799. The fourth-order valence-electron chi connectivity index (χ4n) is 4.21. The Bertz CT molecular complexity index is 940. The molecule has 0 spiro atoms. The Labute approximate surface area is 170 Å². The normalized spacial score (nSPS) is 24.5. The number of morpholine rings is 1. The van der Waals surface area contributed by atoms with Crippen LogP contribution in [0.15, 0.2) is 12.1 Å². The lowest BCUT2D eigenvalue weighted by Crippen LogP contribution is -2.47. The van der Waals surface area contributed by atoms with Crippen molar-refractivity contribution in [2.75, 3.05) is 33.8 Å². The van der Waals surface area contributed by atoms with Gasteiger partial charge in [-0.2, -0.15) is 5.10 Å². The van der Waals surface area contributed by atoms with Crippen LogP contribution in [0, 0.1) is 13.8 Å². The zero-order chi connectivity index (χ0) is 20.7. The Balaban J connectivity index is 1.37. The Hall–Kier alpha value is -2.52. The molecule has 29 heavy (non-hydrogen) atoms. The van der Waals surface area contributed by atoms with Gasteiger partial charge in [0.05, 0.1) is 19.1 Å². The summed E-state index contributed by atoms with van der Waals surface area (Å²) in [5.41, 5.74) is 2.90. The van der Waals surface area contributed by atoms with Gasteiger partial charge in [-0.1, -0.05) is 0 Å². The van der Waals surface area contributed by atoms with Crippen molar-refractivity contribution in [3.8, 4) is 0 Å². The van der Waals surface area contributed by atoms with Gasteiger partial charge in [-0.05, 0) is 26.3 Å². The van der Waals surface area contributed by atoms with E-state index in [-0.39, 0.29) is 30.0 Å². The van der Waals surface area contributed by atoms with Crippen LogP contribution in [0.4, 0.5) is 0 Å². The molecule has 2 aromatic heterocycles. The molecular formula is C20H28N6O3. The third-order valence-corrected chi connectivity index (χ3v) is 5.69. The summed E-state index contributed by atoms with van der Waals surface area (Å²) in [5.74, 6) is -0.110. The number of hydrogen-bond acceptors (Lipinski definition) is 6. The standard InChI is InChI=1S/C20H28N6O3/c1-12-5-13(2)26-18(21-12)8-17(23-26)20(28)22-14-6-15-11-29-16(10-25(15)9-14)7-19(27)24(3)4/h5,8,14-16H,6-7,9-11H2,1-4H3,(H,22,28)/t14-,15+,16+/m1/s1. The number of rotatable bonds is 4. The number of nitrogens with one attached hydrogen (secondary N) is 1. The van der Waals surface area contributed by atoms with Crippen LogP contribution in [-0.4, -0.2) is 88.2 Å². The number of carbonyl (C=O) groups excluding carboxylic acids is 2. The first-order chi connectivity index (χ1) is 13.8. The van der Waals surface area contributed by atoms with Crippen LogP contribution in [0.5, 0.6) is 0 Å². The molecule has 2 amide bonds. The minimum absolute atomic E-state index is 0.0417. The number of carbonyl (C=O) groups is 2. The van der Waals surface area contributed by atoms with Gasteiger partial charge < -0.3 is 15.0 Å². The topological polar surface area (TPSA) is 92.1 Å². The third-order valence-electron chi connectivity index (χ3n) is 5.69. The van der Waals surface area contributed by atoms with E-state index in [1.54, 1.807) is 29.6 Å². The van der Waals surface area contributed by atoms with E-state index in [0.29, 0.717) is 30.9 Å². The van der Waals surface area contributed by atoms with Gasteiger partial charge in [-0.25, -0.2) is 9.50 Å². The third kappa shape index (κ3) is 4.11. The van der Waals surface area contributed by atoms with Crippen LogP contribution in [0.25, 0.3) is 5.65 Å². The van der Waals surface area contributed by atoms with Crippen LogP contribution < -0.4 is 5.32 Å². The highest BCUT2D eigenvalue weighted by atomic mass is 16.5. The van der Waals surface area contributed by atoms with Gasteiger partial charge in [0.15, 0.2) is 11.3 Å². The van der Waals surface area contributed by atoms with E-state index in [1.807, 2.05) is 19.9 Å². The molecule has 0 aliphatic carbocycles. The molecule has 9 nitrogen and oxygen atoms in total. The summed E-state index contributed by atoms with van der Waals surface area (Å²) < 4.78 is 7.58. The average Bonchev–Trinajstić information content (AvgIpc) is 3.24. The van der Waals surface area contributed by atoms with E-state index >= 15 is 0 Å². The maximum atomic E-state index is 12.7. The Morgan fingerprint density at radius 3 is 2.83 bits per heavy atom. The summed E-state index contributed by atoms with van der Waals surface area (Å²) in [5, 5.41) is 7.51. The highest BCUT2D eigenvalue weighted by molar-refractivity contribution is 5.93. The fraction of sp³-hybridized carbons (Fsp3) is 0.600. The lowest BCUT2D eigenvalue weighted by Gasteiger charge is -2.35. The summed E-state index contributed by atoms with van der Waals surface area (Å²) in [7, 11) is 3.51. The zero-order valence-corrected chi connectivity index (χ0v) is 17.4. The van der Waals surface area contributed by atoms with Gasteiger partial charge in [-0.15, -0.1) is 0 Å². The van der Waals surface area contributed by atoms with Crippen molar-refractivity contribution in [3.63, 3.8) is 0 Å². The van der Waals surface area contributed by atoms with Crippen LogP contribution >= 0.6 is 0 Å². The minimum atomic E-state index is -0.183. The van der Waals surface area contributed by atoms with Crippen LogP contribution in [-0.2, 0) is 9.53 Å². The molecular weight excluding hydrogens is 372 g/mol. The van der Waals surface area contributed by atoms with Crippen LogP contribution in [0.3, 0.4) is 0 Å². The van der Waals surface area contributed by atoms with E-state index in [1.165, 1.54) is 0 Å². The second-order valence-electron chi connectivity index (χ2n) is 8.30. The van der Waals surface area contributed by atoms with Gasteiger partial charge in [0.1, 0.15) is 0 Å². The predicted molar refractivity (Wildman–Crippen MR) is 107 cm³/mol. The Morgan fingerprint density at radius 1 is 1.28 bits per heavy atom. The monoisotopic (exact) mass is 400 g/mol. The average molecular weight is 400 g/mol. The lowest BCUT2D eigenvalue weighted by atomic mass is 10.1. The van der Waals surface area contributed by atoms with E-state index in [0.717, 1.165) is 24.4 Å². The molecule has 2 fully saturated rings.